The Morgan fingerprint density at radius 1 is 0.970 bits per heavy atom. The Hall–Kier alpha value is -2.69. The van der Waals surface area contributed by atoms with Gasteiger partial charge in [-0.05, 0) is 61.4 Å². The molecular formula is C28H35N3O2. The van der Waals surface area contributed by atoms with E-state index in [0.717, 1.165) is 56.1 Å². The summed E-state index contributed by atoms with van der Waals surface area (Å²) in [5.41, 5.74) is 2.43. The first kappa shape index (κ1) is 22.1. The van der Waals surface area contributed by atoms with E-state index in [2.05, 4.69) is 15.2 Å². The number of carbonyl (C=O) groups excluding carboxylic acids is 2. The number of hydrogen-bond donors (Lipinski definition) is 1. The molecule has 1 aromatic carbocycles. The fraction of sp³-hybridized carbons (Fsp3) is 0.536. The molecule has 1 aliphatic heterocycles. The van der Waals surface area contributed by atoms with Crippen molar-refractivity contribution < 1.29 is 9.59 Å². The SMILES string of the molecule is O=C(NCCc1ccncc1)[C@@H]1c2ccccc2C(=O)N(C2CCCCC2)C12CCCCC2. The van der Waals surface area contributed by atoms with Crippen LogP contribution in [0.25, 0.3) is 0 Å². The van der Waals surface area contributed by atoms with Crippen LogP contribution in [-0.4, -0.2) is 39.8 Å². The minimum absolute atomic E-state index is 0.0757. The molecular weight excluding hydrogens is 410 g/mol. The highest BCUT2D eigenvalue weighted by molar-refractivity contribution is 6.02. The average Bonchev–Trinajstić information content (AvgIpc) is 2.86. The van der Waals surface area contributed by atoms with Crippen LogP contribution in [0, 0.1) is 0 Å². The van der Waals surface area contributed by atoms with Gasteiger partial charge in [0.1, 0.15) is 0 Å². The lowest BCUT2D eigenvalue weighted by molar-refractivity contribution is -0.128. The highest BCUT2D eigenvalue weighted by Crippen LogP contribution is 2.51. The van der Waals surface area contributed by atoms with Gasteiger partial charge in [0, 0.05) is 30.5 Å². The number of rotatable bonds is 5. The molecule has 0 radical (unpaired) electrons. The van der Waals surface area contributed by atoms with Gasteiger partial charge in [0.25, 0.3) is 5.91 Å². The van der Waals surface area contributed by atoms with Gasteiger partial charge in [-0.25, -0.2) is 0 Å². The van der Waals surface area contributed by atoms with Gasteiger partial charge in [-0.2, -0.15) is 0 Å². The molecule has 0 bridgehead atoms. The monoisotopic (exact) mass is 445 g/mol. The zero-order chi connectivity index (χ0) is 22.7. The molecule has 33 heavy (non-hydrogen) atoms. The fourth-order valence-electron chi connectivity index (χ4n) is 6.63. The molecule has 5 rings (SSSR count). The number of pyridine rings is 1. The van der Waals surface area contributed by atoms with Crippen molar-refractivity contribution in [2.24, 2.45) is 0 Å². The van der Waals surface area contributed by atoms with E-state index in [-0.39, 0.29) is 23.8 Å². The highest BCUT2D eigenvalue weighted by Gasteiger charge is 2.56. The molecule has 1 N–H and O–H groups in total. The predicted octanol–water partition coefficient (Wildman–Crippen LogP) is 5.02. The van der Waals surface area contributed by atoms with Crippen molar-refractivity contribution in [3.8, 4) is 0 Å². The third kappa shape index (κ3) is 4.18. The zero-order valence-corrected chi connectivity index (χ0v) is 19.5. The van der Waals surface area contributed by atoms with E-state index in [4.69, 9.17) is 0 Å². The molecule has 3 aliphatic rings. The highest BCUT2D eigenvalue weighted by atomic mass is 16.2. The standard InChI is InChI=1S/C28H35N3O2/c32-26(30-20-15-21-13-18-29-19-14-21)25-23-11-5-6-12-24(23)27(33)31(22-9-3-1-4-10-22)28(25)16-7-2-8-17-28/h5-6,11-14,18-19,22,25H,1-4,7-10,15-17,20H2,(H,30,32)/t25-/m0/s1. The van der Waals surface area contributed by atoms with E-state index in [9.17, 15) is 9.59 Å². The molecule has 2 amide bonds. The van der Waals surface area contributed by atoms with Crippen molar-refractivity contribution in [3.63, 3.8) is 0 Å². The lowest BCUT2D eigenvalue weighted by Gasteiger charge is -2.57. The van der Waals surface area contributed by atoms with E-state index in [1.54, 1.807) is 12.4 Å². The van der Waals surface area contributed by atoms with Crippen LogP contribution >= 0.6 is 0 Å². The summed E-state index contributed by atoms with van der Waals surface area (Å²) in [7, 11) is 0. The van der Waals surface area contributed by atoms with Crippen LogP contribution in [0.3, 0.4) is 0 Å². The van der Waals surface area contributed by atoms with Crippen LogP contribution in [0.2, 0.25) is 0 Å². The number of amides is 2. The molecule has 2 aromatic rings. The minimum atomic E-state index is -0.396. The van der Waals surface area contributed by atoms with E-state index >= 15 is 0 Å². The maximum atomic E-state index is 13.9. The van der Waals surface area contributed by atoms with Crippen molar-refractivity contribution in [1.29, 1.82) is 0 Å². The lowest BCUT2D eigenvalue weighted by Crippen LogP contribution is -2.65. The van der Waals surface area contributed by atoms with Gasteiger partial charge in [0.2, 0.25) is 5.91 Å². The second kappa shape index (κ2) is 9.66. The molecule has 5 heteroatoms. The van der Waals surface area contributed by atoms with Gasteiger partial charge in [0.15, 0.2) is 0 Å². The summed E-state index contributed by atoms with van der Waals surface area (Å²) in [6.45, 7) is 0.592. The van der Waals surface area contributed by atoms with Crippen molar-refractivity contribution in [3.05, 3.63) is 65.5 Å². The Balaban J connectivity index is 1.49. The largest absolute Gasteiger partial charge is 0.355 e. The van der Waals surface area contributed by atoms with Crippen LogP contribution in [0.4, 0.5) is 0 Å². The van der Waals surface area contributed by atoms with Gasteiger partial charge in [-0.1, -0.05) is 56.7 Å². The Morgan fingerprint density at radius 3 is 2.42 bits per heavy atom. The van der Waals surface area contributed by atoms with E-state index in [1.165, 1.54) is 31.2 Å². The summed E-state index contributed by atoms with van der Waals surface area (Å²) in [4.78, 5) is 34.1. The first-order valence-electron chi connectivity index (χ1n) is 12.8. The molecule has 1 atom stereocenters. The number of carbonyl (C=O) groups is 2. The molecule has 2 aliphatic carbocycles. The average molecular weight is 446 g/mol. The second-order valence-electron chi connectivity index (χ2n) is 10.0. The summed E-state index contributed by atoms with van der Waals surface area (Å²) in [6.07, 6.45) is 15.3. The number of nitrogens with one attached hydrogen (secondary N) is 1. The van der Waals surface area contributed by atoms with Crippen molar-refractivity contribution in [2.75, 3.05) is 6.54 Å². The molecule has 2 fully saturated rings. The van der Waals surface area contributed by atoms with Crippen LogP contribution in [0.5, 0.6) is 0 Å². The smallest absolute Gasteiger partial charge is 0.254 e. The summed E-state index contributed by atoms with van der Waals surface area (Å²) in [5.74, 6) is -0.0713. The first-order chi connectivity index (χ1) is 16.2. The molecule has 174 valence electrons. The van der Waals surface area contributed by atoms with Crippen molar-refractivity contribution in [1.82, 2.24) is 15.2 Å². The molecule has 5 nitrogen and oxygen atoms in total. The number of aromatic nitrogens is 1. The quantitative estimate of drug-likeness (QED) is 0.703. The van der Waals surface area contributed by atoms with E-state index in [0.29, 0.717) is 6.54 Å². The third-order valence-corrected chi connectivity index (χ3v) is 8.12. The molecule has 1 spiro atoms. The van der Waals surface area contributed by atoms with Crippen LogP contribution < -0.4 is 5.32 Å². The number of hydrogen-bond acceptors (Lipinski definition) is 3. The van der Waals surface area contributed by atoms with Gasteiger partial charge in [-0.3, -0.25) is 14.6 Å². The van der Waals surface area contributed by atoms with Crippen molar-refractivity contribution >= 4 is 11.8 Å². The van der Waals surface area contributed by atoms with Gasteiger partial charge >= 0.3 is 0 Å². The van der Waals surface area contributed by atoms with Crippen LogP contribution in [-0.2, 0) is 11.2 Å². The molecule has 1 aromatic heterocycles. The first-order valence-corrected chi connectivity index (χ1v) is 12.8. The number of fused-ring (bicyclic) bond motifs is 1. The van der Waals surface area contributed by atoms with Gasteiger partial charge in [-0.15, -0.1) is 0 Å². The summed E-state index contributed by atoms with van der Waals surface area (Å²) in [6, 6.07) is 12.1. The Morgan fingerprint density at radius 2 is 1.67 bits per heavy atom. The van der Waals surface area contributed by atoms with Crippen LogP contribution in [0.15, 0.2) is 48.8 Å². The van der Waals surface area contributed by atoms with Crippen molar-refractivity contribution in [2.45, 2.75) is 88.1 Å². The third-order valence-electron chi connectivity index (χ3n) is 8.12. The summed E-state index contributed by atoms with van der Waals surface area (Å²) in [5, 5.41) is 3.25. The minimum Gasteiger partial charge on any atom is -0.355 e. The maximum absolute atomic E-state index is 13.9. The summed E-state index contributed by atoms with van der Waals surface area (Å²) >= 11 is 0. The van der Waals surface area contributed by atoms with Gasteiger partial charge < -0.3 is 10.2 Å². The fourth-order valence-corrected chi connectivity index (χ4v) is 6.63. The number of benzene rings is 1. The second-order valence-corrected chi connectivity index (χ2v) is 10.0. The Bertz CT molecular complexity index is 978. The maximum Gasteiger partial charge on any atom is 0.254 e. The number of nitrogens with zero attached hydrogens (tertiary/aromatic N) is 2. The molecule has 2 saturated carbocycles. The molecule has 0 saturated heterocycles. The lowest BCUT2D eigenvalue weighted by atomic mass is 9.64. The normalized spacial score (nSPS) is 22.7. The topological polar surface area (TPSA) is 62.3 Å². The van der Waals surface area contributed by atoms with Gasteiger partial charge in [0.05, 0.1) is 11.5 Å². The molecule has 0 unspecified atom stereocenters. The van der Waals surface area contributed by atoms with E-state index < -0.39 is 5.54 Å². The Kier molecular flexibility index (Phi) is 6.48. The summed E-state index contributed by atoms with van der Waals surface area (Å²) < 4.78 is 0. The molecule has 2 heterocycles. The zero-order valence-electron chi connectivity index (χ0n) is 19.5. The Labute approximate surface area is 197 Å². The predicted molar refractivity (Wildman–Crippen MR) is 129 cm³/mol. The van der Waals surface area contributed by atoms with Crippen LogP contribution in [0.1, 0.15) is 91.6 Å². The van der Waals surface area contributed by atoms with E-state index in [1.807, 2.05) is 36.4 Å².